The molecule has 1 saturated heterocycles. The maximum absolute atomic E-state index is 12.6. The van der Waals surface area contributed by atoms with Gasteiger partial charge in [0, 0.05) is 23.1 Å². The van der Waals surface area contributed by atoms with Crippen molar-refractivity contribution in [2.45, 2.75) is 12.8 Å². The largest absolute Gasteiger partial charge is 0.339 e. The zero-order chi connectivity index (χ0) is 16.2. The number of carbonyl (C=O) groups is 2. The van der Waals surface area contributed by atoms with Crippen LogP contribution in [-0.4, -0.2) is 29.8 Å². The van der Waals surface area contributed by atoms with Crippen LogP contribution in [0.15, 0.2) is 53.0 Å². The highest BCUT2D eigenvalue weighted by Gasteiger charge is 2.22. The number of nitrogens with one attached hydrogen (secondary N) is 1. The molecular weight excluding hydrogens is 356 g/mol. The fourth-order valence-electron chi connectivity index (χ4n) is 2.66. The minimum atomic E-state index is -0.223. The van der Waals surface area contributed by atoms with Crippen LogP contribution in [0.2, 0.25) is 0 Å². The van der Waals surface area contributed by atoms with Gasteiger partial charge in [-0.15, -0.1) is 0 Å². The number of rotatable bonds is 3. The van der Waals surface area contributed by atoms with E-state index in [2.05, 4.69) is 21.2 Å². The van der Waals surface area contributed by atoms with E-state index in [1.165, 1.54) is 0 Å². The lowest BCUT2D eigenvalue weighted by Gasteiger charge is -2.18. The lowest BCUT2D eigenvalue weighted by atomic mass is 10.1. The van der Waals surface area contributed by atoms with Crippen LogP contribution in [0, 0.1) is 0 Å². The van der Waals surface area contributed by atoms with Gasteiger partial charge in [-0.25, -0.2) is 0 Å². The van der Waals surface area contributed by atoms with E-state index in [0.29, 0.717) is 16.8 Å². The van der Waals surface area contributed by atoms with Crippen LogP contribution in [0.3, 0.4) is 0 Å². The molecule has 1 heterocycles. The fourth-order valence-corrected chi connectivity index (χ4v) is 2.93. The first-order valence-electron chi connectivity index (χ1n) is 7.60. The molecule has 0 aromatic heterocycles. The van der Waals surface area contributed by atoms with Crippen molar-refractivity contribution < 1.29 is 9.59 Å². The number of nitrogens with zero attached hydrogens (tertiary/aromatic N) is 1. The van der Waals surface area contributed by atoms with Crippen molar-refractivity contribution in [1.29, 1.82) is 0 Å². The molecule has 23 heavy (non-hydrogen) atoms. The molecular formula is C18H17BrN2O2. The van der Waals surface area contributed by atoms with Crippen LogP contribution in [0.25, 0.3) is 0 Å². The van der Waals surface area contributed by atoms with Crippen molar-refractivity contribution >= 4 is 33.4 Å². The monoisotopic (exact) mass is 372 g/mol. The molecule has 0 unspecified atom stereocenters. The van der Waals surface area contributed by atoms with E-state index < -0.39 is 0 Å². The Morgan fingerprint density at radius 1 is 0.957 bits per heavy atom. The molecule has 1 aliphatic rings. The predicted octanol–water partition coefficient (Wildman–Crippen LogP) is 3.94. The van der Waals surface area contributed by atoms with Crippen LogP contribution in [0.5, 0.6) is 0 Å². The fraction of sp³-hybridized carbons (Fsp3) is 0.222. The zero-order valence-corrected chi connectivity index (χ0v) is 14.2. The summed E-state index contributed by atoms with van der Waals surface area (Å²) in [7, 11) is 0. The van der Waals surface area contributed by atoms with E-state index in [0.717, 1.165) is 30.4 Å². The molecule has 0 atom stereocenters. The summed E-state index contributed by atoms with van der Waals surface area (Å²) >= 11 is 3.35. The Kier molecular flexibility index (Phi) is 4.76. The minimum absolute atomic E-state index is 0.0193. The molecule has 118 valence electrons. The van der Waals surface area contributed by atoms with Crippen LogP contribution < -0.4 is 5.32 Å². The highest BCUT2D eigenvalue weighted by Crippen LogP contribution is 2.21. The molecule has 3 rings (SSSR count). The first-order chi connectivity index (χ1) is 11.1. The van der Waals surface area contributed by atoms with Crippen molar-refractivity contribution in [1.82, 2.24) is 4.90 Å². The minimum Gasteiger partial charge on any atom is -0.339 e. The molecule has 1 fully saturated rings. The number of halogens is 1. The van der Waals surface area contributed by atoms with Crippen molar-refractivity contribution in [3.63, 3.8) is 0 Å². The van der Waals surface area contributed by atoms with Gasteiger partial charge in [-0.2, -0.15) is 0 Å². The second-order valence-corrected chi connectivity index (χ2v) is 6.42. The van der Waals surface area contributed by atoms with Crippen LogP contribution in [0.4, 0.5) is 5.69 Å². The molecule has 5 heteroatoms. The Balaban J connectivity index is 1.81. The molecule has 2 amide bonds. The van der Waals surface area contributed by atoms with Gasteiger partial charge >= 0.3 is 0 Å². The summed E-state index contributed by atoms with van der Waals surface area (Å²) in [4.78, 5) is 26.8. The molecule has 0 saturated carbocycles. The van der Waals surface area contributed by atoms with Crippen LogP contribution >= 0.6 is 15.9 Å². The lowest BCUT2D eigenvalue weighted by molar-refractivity contribution is 0.0794. The number of hydrogen-bond acceptors (Lipinski definition) is 2. The Hall–Kier alpha value is -2.14. The second kappa shape index (κ2) is 6.96. The van der Waals surface area contributed by atoms with E-state index in [9.17, 15) is 9.59 Å². The maximum Gasteiger partial charge on any atom is 0.255 e. The maximum atomic E-state index is 12.6. The Morgan fingerprint density at radius 2 is 1.61 bits per heavy atom. The van der Waals surface area contributed by atoms with Crippen LogP contribution in [0.1, 0.15) is 33.6 Å². The van der Waals surface area contributed by atoms with Gasteiger partial charge in [0.05, 0.1) is 11.3 Å². The Labute approximate surface area is 143 Å². The second-order valence-electron chi connectivity index (χ2n) is 5.51. The van der Waals surface area contributed by atoms with Gasteiger partial charge in [-0.3, -0.25) is 9.59 Å². The van der Waals surface area contributed by atoms with Crippen LogP contribution in [-0.2, 0) is 0 Å². The summed E-state index contributed by atoms with van der Waals surface area (Å²) in [6.45, 7) is 1.57. The number of para-hydroxylation sites is 1. The molecule has 1 aliphatic heterocycles. The molecule has 2 aromatic rings. The van der Waals surface area contributed by atoms with E-state index in [-0.39, 0.29) is 11.8 Å². The molecule has 0 radical (unpaired) electrons. The summed E-state index contributed by atoms with van der Waals surface area (Å²) in [5.41, 5.74) is 1.65. The van der Waals surface area contributed by atoms with Gasteiger partial charge in [-0.1, -0.05) is 28.1 Å². The Bertz CT molecular complexity index is 722. The lowest BCUT2D eigenvalue weighted by Crippen LogP contribution is -2.28. The van der Waals surface area contributed by atoms with Gasteiger partial charge in [0.25, 0.3) is 11.8 Å². The third-order valence-corrected chi connectivity index (χ3v) is 4.43. The summed E-state index contributed by atoms with van der Waals surface area (Å²) in [5, 5.41) is 2.85. The highest BCUT2D eigenvalue weighted by molar-refractivity contribution is 9.10. The first kappa shape index (κ1) is 15.7. The Morgan fingerprint density at radius 3 is 2.30 bits per heavy atom. The number of anilines is 1. The number of amides is 2. The normalized spacial score (nSPS) is 13.9. The summed E-state index contributed by atoms with van der Waals surface area (Å²) in [5.74, 6) is -0.242. The highest BCUT2D eigenvalue weighted by atomic mass is 79.9. The van der Waals surface area contributed by atoms with Gasteiger partial charge < -0.3 is 10.2 Å². The smallest absolute Gasteiger partial charge is 0.255 e. The molecule has 4 nitrogen and oxygen atoms in total. The number of likely N-dealkylation sites (tertiary alicyclic amines) is 1. The van der Waals surface area contributed by atoms with Gasteiger partial charge in [-0.05, 0) is 49.2 Å². The summed E-state index contributed by atoms with van der Waals surface area (Å²) in [6.07, 6.45) is 2.08. The molecule has 0 bridgehead atoms. The molecule has 0 aliphatic carbocycles. The van der Waals surface area contributed by atoms with E-state index in [4.69, 9.17) is 0 Å². The van der Waals surface area contributed by atoms with Crippen molar-refractivity contribution in [3.8, 4) is 0 Å². The van der Waals surface area contributed by atoms with E-state index >= 15 is 0 Å². The number of hydrogen-bond donors (Lipinski definition) is 1. The average molecular weight is 373 g/mol. The van der Waals surface area contributed by atoms with E-state index in [1.54, 1.807) is 24.3 Å². The summed E-state index contributed by atoms with van der Waals surface area (Å²) < 4.78 is 0.915. The number of carbonyl (C=O) groups excluding carboxylic acids is 2. The quantitative estimate of drug-likeness (QED) is 0.886. The average Bonchev–Trinajstić information content (AvgIpc) is 3.10. The number of benzene rings is 2. The zero-order valence-electron chi connectivity index (χ0n) is 12.6. The standard InChI is InChI=1S/C18H17BrN2O2/c19-14-9-7-13(8-10-14)17(22)20-16-6-2-1-5-15(16)18(23)21-11-3-4-12-21/h1-2,5-10H,3-4,11-12H2,(H,20,22). The van der Waals surface area contributed by atoms with Crippen molar-refractivity contribution in [2.24, 2.45) is 0 Å². The van der Waals surface area contributed by atoms with Crippen molar-refractivity contribution in [3.05, 3.63) is 64.1 Å². The van der Waals surface area contributed by atoms with Gasteiger partial charge in [0.1, 0.15) is 0 Å². The van der Waals surface area contributed by atoms with Gasteiger partial charge in [0.2, 0.25) is 0 Å². The predicted molar refractivity (Wildman–Crippen MR) is 93.7 cm³/mol. The first-order valence-corrected chi connectivity index (χ1v) is 8.40. The molecule has 1 N–H and O–H groups in total. The third kappa shape index (κ3) is 3.62. The molecule has 2 aromatic carbocycles. The topological polar surface area (TPSA) is 49.4 Å². The van der Waals surface area contributed by atoms with Crippen molar-refractivity contribution in [2.75, 3.05) is 18.4 Å². The third-order valence-electron chi connectivity index (χ3n) is 3.91. The van der Waals surface area contributed by atoms with Gasteiger partial charge in [0.15, 0.2) is 0 Å². The summed E-state index contributed by atoms with van der Waals surface area (Å²) in [6, 6.07) is 14.3. The molecule has 0 spiro atoms. The van der Waals surface area contributed by atoms with E-state index in [1.807, 2.05) is 29.2 Å². The SMILES string of the molecule is O=C(Nc1ccccc1C(=O)N1CCCC1)c1ccc(Br)cc1.